The average Bonchev–Trinajstić information content (AvgIpc) is 2.65. The van der Waals surface area contributed by atoms with Crippen LogP contribution in [0.15, 0.2) is 54.6 Å². The molecule has 0 atom stereocenters. The smallest absolute Gasteiger partial charge is 0.225 e. The summed E-state index contributed by atoms with van der Waals surface area (Å²) in [6.07, 6.45) is 1.00. The van der Waals surface area contributed by atoms with E-state index in [1.54, 1.807) is 12.1 Å². The van der Waals surface area contributed by atoms with E-state index in [4.69, 9.17) is 4.98 Å². The molecule has 1 heterocycles. The first-order valence-corrected chi connectivity index (χ1v) is 9.43. The standard InChI is InChI=1S/C23H25N3O2/c1-15(2)13-21(28)26-23-20(14-17-7-5-4-6-8-17)25-22(16(3)24-23)18-9-11-19(27)12-10-18/h4-12,15,27H,13-14H2,1-3H3,(H,24,26,28). The Morgan fingerprint density at radius 3 is 2.36 bits per heavy atom. The lowest BCUT2D eigenvalue weighted by molar-refractivity contribution is -0.116. The first-order chi connectivity index (χ1) is 13.4. The van der Waals surface area contributed by atoms with Crippen LogP contribution >= 0.6 is 0 Å². The number of benzene rings is 2. The van der Waals surface area contributed by atoms with Crippen molar-refractivity contribution in [1.29, 1.82) is 0 Å². The van der Waals surface area contributed by atoms with Gasteiger partial charge in [0.1, 0.15) is 5.75 Å². The van der Waals surface area contributed by atoms with Crippen molar-refractivity contribution in [2.75, 3.05) is 5.32 Å². The average molecular weight is 375 g/mol. The molecule has 28 heavy (non-hydrogen) atoms. The summed E-state index contributed by atoms with van der Waals surface area (Å²) in [6.45, 7) is 5.89. The fourth-order valence-corrected chi connectivity index (χ4v) is 3.01. The largest absolute Gasteiger partial charge is 0.508 e. The van der Waals surface area contributed by atoms with E-state index < -0.39 is 0 Å². The Morgan fingerprint density at radius 1 is 1.04 bits per heavy atom. The van der Waals surface area contributed by atoms with Crippen molar-refractivity contribution < 1.29 is 9.90 Å². The maximum absolute atomic E-state index is 12.3. The van der Waals surface area contributed by atoms with Crippen molar-refractivity contribution >= 4 is 11.7 Å². The third-order valence-corrected chi connectivity index (χ3v) is 4.35. The molecule has 0 saturated heterocycles. The Hall–Kier alpha value is -3.21. The van der Waals surface area contributed by atoms with E-state index in [0.717, 1.165) is 28.2 Å². The van der Waals surface area contributed by atoms with Crippen molar-refractivity contribution in [3.63, 3.8) is 0 Å². The molecule has 0 unspecified atom stereocenters. The number of nitrogens with one attached hydrogen (secondary N) is 1. The van der Waals surface area contributed by atoms with Gasteiger partial charge in [-0.25, -0.2) is 9.97 Å². The molecule has 3 rings (SSSR count). The molecule has 0 saturated carbocycles. The number of aromatic nitrogens is 2. The Balaban J connectivity index is 2.01. The van der Waals surface area contributed by atoms with Gasteiger partial charge in [-0.15, -0.1) is 0 Å². The summed E-state index contributed by atoms with van der Waals surface area (Å²) in [4.78, 5) is 21.8. The summed E-state index contributed by atoms with van der Waals surface area (Å²) in [5.74, 6) is 0.921. The van der Waals surface area contributed by atoms with E-state index in [1.807, 2.05) is 63.2 Å². The summed E-state index contributed by atoms with van der Waals surface area (Å²) in [5, 5.41) is 12.5. The molecule has 0 fully saturated rings. The van der Waals surface area contributed by atoms with Crippen LogP contribution in [-0.2, 0) is 11.2 Å². The Labute approximate surface area is 165 Å². The summed E-state index contributed by atoms with van der Waals surface area (Å²) in [7, 11) is 0. The van der Waals surface area contributed by atoms with Crippen LogP contribution in [0.5, 0.6) is 5.75 Å². The Bertz CT molecular complexity index is 952. The Morgan fingerprint density at radius 2 is 1.71 bits per heavy atom. The number of anilines is 1. The normalized spacial score (nSPS) is 10.9. The molecule has 0 aliphatic rings. The van der Waals surface area contributed by atoms with Gasteiger partial charge in [-0.2, -0.15) is 0 Å². The zero-order valence-corrected chi connectivity index (χ0v) is 16.4. The van der Waals surface area contributed by atoms with E-state index >= 15 is 0 Å². The molecule has 5 heteroatoms. The first kappa shape index (κ1) is 19.5. The van der Waals surface area contributed by atoms with Gasteiger partial charge in [0.05, 0.1) is 17.1 Å². The highest BCUT2D eigenvalue weighted by Gasteiger charge is 2.16. The lowest BCUT2D eigenvalue weighted by Gasteiger charge is -2.15. The van der Waals surface area contributed by atoms with Crippen molar-refractivity contribution in [3.05, 3.63) is 71.5 Å². The maximum Gasteiger partial charge on any atom is 0.225 e. The number of hydrogen-bond donors (Lipinski definition) is 2. The molecular weight excluding hydrogens is 350 g/mol. The number of hydrogen-bond acceptors (Lipinski definition) is 4. The van der Waals surface area contributed by atoms with E-state index in [-0.39, 0.29) is 17.6 Å². The number of phenolic OH excluding ortho intramolecular Hbond substituents is 1. The molecular formula is C23H25N3O2. The van der Waals surface area contributed by atoms with E-state index in [1.165, 1.54) is 0 Å². The third-order valence-electron chi connectivity index (χ3n) is 4.35. The number of amides is 1. The third kappa shape index (κ3) is 4.94. The number of carbonyl (C=O) groups is 1. The number of phenols is 1. The van der Waals surface area contributed by atoms with Crippen LogP contribution in [0, 0.1) is 12.8 Å². The molecule has 3 aromatic rings. The van der Waals surface area contributed by atoms with E-state index in [0.29, 0.717) is 18.7 Å². The molecule has 0 spiro atoms. The van der Waals surface area contributed by atoms with Gasteiger partial charge in [-0.05, 0) is 42.7 Å². The van der Waals surface area contributed by atoms with E-state index in [2.05, 4.69) is 10.3 Å². The maximum atomic E-state index is 12.3. The molecule has 0 aliphatic heterocycles. The van der Waals surface area contributed by atoms with Gasteiger partial charge in [-0.1, -0.05) is 44.2 Å². The molecule has 0 aliphatic carbocycles. The van der Waals surface area contributed by atoms with Crippen molar-refractivity contribution in [2.45, 2.75) is 33.6 Å². The van der Waals surface area contributed by atoms with E-state index in [9.17, 15) is 9.90 Å². The minimum Gasteiger partial charge on any atom is -0.508 e. The van der Waals surface area contributed by atoms with Crippen molar-refractivity contribution in [3.8, 4) is 17.0 Å². The highest BCUT2D eigenvalue weighted by Crippen LogP contribution is 2.26. The summed E-state index contributed by atoms with van der Waals surface area (Å²) in [5.41, 5.74) is 4.15. The van der Waals surface area contributed by atoms with Gasteiger partial charge in [-0.3, -0.25) is 4.79 Å². The lowest BCUT2D eigenvalue weighted by Crippen LogP contribution is -2.18. The zero-order chi connectivity index (χ0) is 20.1. The highest BCUT2D eigenvalue weighted by atomic mass is 16.3. The Kier molecular flexibility index (Phi) is 6.04. The van der Waals surface area contributed by atoms with Crippen LogP contribution < -0.4 is 5.32 Å². The number of nitrogens with zero attached hydrogens (tertiary/aromatic N) is 2. The fourth-order valence-electron chi connectivity index (χ4n) is 3.01. The molecule has 2 aromatic carbocycles. The molecule has 144 valence electrons. The van der Waals surface area contributed by atoms with Gasteiger partial charge >= 0.3 is 0 Å². The molecule has 5 nitrogen and oxygen atoms in total. The van der Waals surface area contributed by atoms with Gasteiger partial charge in [0.2, 0.25) is 5.91 Å². The van der Waals surface area contributed by atoms with Gasteiger partial charge in [0, 0.05) is 18.4 Å². The molecule has 1 amide bonds. The zero-order valence-electron chi connectivity index (χ0n) is 16.4. The van der Waals surface area contributed by atoms with Crippen LogP contribution in [0.1, 0.15) is 37.2 Å². The van der Waals surface area contributed by atoms with Crippen LogP contribution in [0.25, 0.3) is 11.3 Å². The molecule has 1 aromatic heterocycles. The second-order valence-electron chi connectivity index (χ2n) is 7.31. The summed E-state index contributed by atoms with van der Waals surface area (Å²) in [6, 6.07) is 16.9. The van der Waals surface area contributed by atoms with Crippen LogP contribution in [0.4, 0.5) is 5.82 Å². The predicted molar refractivity (Wildman–Crippen MR) is 111 cm³/mol. The first-order valence-electron chi connectivity index (χ1n) is 9.43. The predicted octanol–water partition coefficient (Wildman–Crippen LogP) is 4.73. The molecule has 2 N–H and O–H groups in total. The van der Waals surface area contributed by atoms with Crippen molar-refractivity contribution in [2.24, 2.45) is 5.92 Å². The van der Waals surface area contributed by atoms with Crippen LogP contribution in [0.3, 0.4) is 0 Å². The van der Waals surface area contributed by atoms with Gasteiger partial charge < -0.3 is 10.4 Å². The monoisotopic (exact) mass is 375 g/mol. The second-order valence-corrected chi connectivity index (χ2v) is 7.31. The SMILES string of the molecule is Cc1nc(NC(=O)CC(C)C)c(Cc2ccccc2)nc1-c1ccc(O)cc1. The number of aromatic hydroxyl groups is 1. The second kappa shape index (κ2) is 8.65. The van der Waals surface area contributed by atoms with Crippen LogP contribution in [0.2, 0.25) is 0 Å². The number of aryl methyl sites for hydroxylation is 1. The molecule has 0 radical (unpaired) electrons. The van der Waals surface area contributed by atoms with Gasteiger partial charge in [0.15, 0.2) is 5.82 Å². The fraction of sp³-hybridized carbons (Fsp3) is 0.261. The van der Waals surface area contributed by atoms with Crippen molar-refractivity contribution in [1.82, 2.24) is 9.97 Å². The minimum atomic E-state index is -0.0598. The molecule has 0 bridgehead atoms. The number of carbonyl (C=O) groups excluding carboxylic acids is 1. The lowest BCUT2D eigenvalue weighted by atomic mass is 10.1. The minimum absolute atomic E-state index is 0.0598. The quantitative estimate of drug-likeness (QED) is 0.653. The highest BCUT2D eigenvalue weighted by molar-refractivity contribution is 5.90. The topological polar surface area (TPSA) is 75.1 Å². The van der Waals surface area contributed by atoms with Gasteiger partial charge in [0.25, 0.3) is 0 Å². The summed E-state index contributed by atoms with van der Waals surface area (Å²) < 4.78 is 0. The van der Waals surface area contributed by atoms with Crippen LogP contribution in [-0.4, -0.2) is 21.0 Å². The summed E-state index contributed by atoms with van der Waals surface area (Å²) >= 11 is 0. The number of rotatable bonds is 6.